The van der Waals surface area contributed by atoms with E-state index in [-0.39, 0.29) is 17.0 Å². The van der Waals surface area contributed by atoms with Crippen LogP contribution in [0.5, 0.6) is 5.75 Å². The highest BCUT2D eigenvalue weighted by molar-refractivity contribution is 7.88. The average molecular weight is 255 g/mol. The molecular weight excluding hydrogens is 247 g/mol. The molecule has 1 aromatic heterocycles. The normalized spacial score (nSPS) is 12.6. The Morgan fingerprint density at radius 2 is 1.88 bits per heavy atom. The van der Waals surface area contributed by atoms with Gasteiger partial charge in [-0.3, -0.25) is 4.98 Å². The molecule has 90 valence electrons. The fourth-order valence-corrected chi connectivity index (χ4v) is 1.53. The van der Waals surface area contributed by atoms with Gasteiger partial charge in [0.25, 0.3) is 0 Å². The van der Waals surface area contributed by atoms with E-state index >= 15 is 0 Å². The Morgan fingerprint density at radius 3 is 2.31 bits per heavy atom. The van der Waals surface area contributed by atoms with Crippen molar-refractivity contribution >= 4 is 10.1 Å². The van der Waals surface area contributed by atoms with Crippen LogP contribution in [0.3, 0.4) is 0 Å². The minimum absolute atomic E-state index is 0.0767. The number of alkyl halides is 3. The van der Waals surface area contributed by atoms with Crippen LogP contribution in [0.4, 0.5) is 13.2 Å². The van der Waals surface area contributed by atoms with Crippen molar-refractivity contribution in [3.63, 3.8) is 0 Å². The molecule has 16 heavy (non-hydrogen) atoms. The van der Waals surface area contributed by atoms with Gasteiger partial charge in [0, 0.05) is 6.20 Å². The van der Waals surface area contributed by atoms with Crippen molar-refractivity contribution in [1.82, 2.24) is 4.98 Å². The zero-order valence-electron chi connectivity index (χ0n) is 8.37. The number of hydrogen-bond acceptors (Lipinski definition) is 4. The number of aromatic nitrogens is 1. The molecule has 0 aliphatic heterocycles. The second kappa shape index (κ2) is 3.93. The molecule has 0 aliphatic rings. The molecule has 0 atom stereocenters. The number of aryl methyl sites for hydroxylation is 2. The van der Waals surface area contributed by atoms with Gasteiger partial charge in [0.2, 0.25) is 0 Å². The Labute approximate surface area is 90.2 Å². The monoisotopic (exact) mass is 255 g/mol. The van der Waals surface area contributed by atoms with Crippen molar-refractivity contribution in [2.24, 2.45) is 0 Å². The molecule has 0 radical (unpaired) electrons. The minimum Gasteiger partial charge on any atom is -0.374 e. The number of pyridine rings is 1. The van der Waals surface area contributed by atoms with Crippen molar-refractivity contribution in [3.05, 3.63) is 23.5 Å². The standard InChI is InChI=1S/C8H8F3NO3S/c1-5-3-4-12-6(2)7(5)15-16(13,14)8(9,10)11/h3-4H,1-2H3. The van der Waals surface area contributed by atoms with Crippen LogP contribution in [-0.4, -0.2) is 18.9 Å². The Bertz CT molecular complexity index is 475. The lowest BCUT2D eigenvalue weighted by Crippen LogP contribution is -2.28. The van der Waals surface area contributed by atoms with E-state index in [0.717, 1.165) is 0 Å². The van der Waals surface area contributed by atoms with Crippen LogP contribution < -0.4 is 4.18 Å². The van der Waals surface area contributed by atoms with Gasteiger partial charge in [-0.2, -0.15) is 21.6 Å². The van der Waals surface area contributed by atoms with Crippen molar-refractivity contribution in [2.75, 3.05) is 0 Å². The Hall–Kier alpha value is -1.31. The predicted molar refractivity (Wildman–Crippen MR) is 49.3 cm³/mol. The third-order valence-corrected chi connectivity index (χ3v) is 2.71. The summed E-state index contributed by atoms with van der Waals surface area (Å²) in [6.45, 7) is 2.78. The van der Waals surface area contributed by atoms with Crippen molar-refractivity contribution in [3.8, 4) is 5.75 Å². The molecule has 0 saturated carbocycles. The van der Waals surface area contributed by atoms with E-state index in [4.69, 9.17) is 0 Å². The molecule has 0 aromatic carbocycles. The molecule has 0 amide bonds. The van der Waals surface area contributed by atoms with E-state index in [2.05, 4.69) is 9.17 Å². The fourth-order valence-electron chi connectivity index (χ4n) is 0.964. The van der Waals surface area contributed by atoms with Gasteiger partial charge in [-0.15, -0.1) is 0 Å². The maximum Gasteiger partial charge on any atom is 0.534 e. The van der Waals surface area contributed by atoms with Gasteiger partial charge >= 0.3 is 15.6 Å². The van der Waals surface area contributed by atoms with Crippen molar-refractivity contribution in [1.29, 1.82) is 0 Å². The first kappa shape index (κ1) is 12.8. The van der Waals surface area contributed by atoms with Gasteiger partial charge < -0.3 is 4.18 Å². The van der Waals surface area contributed by atoms with Crippen LogP contribution in [0, 0.1) is 13.8 Å². The number of halogens is 3. The molecule has 1 heterocycles. The van der Waals surface area contributed by atoms with E-state index < -0.39 is 15.6 Å². The van der Waals surface area contributed by atoms with Crippen LogP contribution in [0.2, 0.25) is 0 Å². The summed E-state index contributed by atoms with van der Waals surface area (Å²) in [4.78, 5) is 3.65. The van der Waals surface area contributed by atoms with Crippen LogP contribution in [0.1, 0.15) is 11.3 Å². The lowest BCUT2D eigenvalue weighted by molar-refractivity contribution is -0.0500. The topological polar surface area (TPSA) is 56.3 Å². The number of nitrogens with zero attached hydrogens (tertiary/aromatic N) is 1. The van der Waals surface area contributed by atoms with Gasteiger partial charge in [-0.25, -0.2) is 0 Å². The van der Waals surface area contributed by atoms with Crippen molar-refractivity contribution < 1.29 is 25.8 Å². The van der Waals surface area contributed by atoms with E-state index in [0.29, 0.717) is 0 Å². The third-order valence-electron chi connectivity index (χ3n) is 1.76. The second-order valence-corrected chi connectivity index (χ2v) is 4.56. The molecule has 0 spiro atoms. The molecule has 4 nitrogen and oxygen atoms in total. The van der Waals surface area contributed by atoms with Gasteiger partial charge in [0.05, 0.1) is 5.69 Å². The van der Waals surface area contributed by atoms with E-state index in [1.54, 1.807) is 0 Å². The summed E-state index contributed by atoms with van der Waals surface area (Å²) in [6.07, 6.45) is 1.34. The molecule has 0 N–H and O–H groups in total. The van der Waals surface area contributed by atoms with Crippen LogP contribution in [-0.2, 0) is 10.1 Å². The van der Waals surface area contributed by atoms with Gasteiger partial charge in [0.1, 0.15) is 0 Å². The average Bonchev–Trinajstić information content (AvgIpc) is 2.10. The highest BCUT2D eigenvalue weighted by Gasteiger charge is 2.48. The lowest BCUT2D eigenvalue weighted by atomic mass is 10.2. The zero-order chi connectivity index (χ0) is 12.6. The van der Waals surface area contributed by atoms with Gasteiger partial charge in [-0.1, -0.05) is 0 Å². The van der Waals surface area contributed by atoms with Crippen LogP contribution in [0.25, 0.3) is 0 Å². The quantitative estimate of drug-likeness (QED) is 0.598. The summed E-state index contributed by atoms with van der Waals surface area (Å²) in [5, 5.41) is 0. The molecule has 0 bridgehead atoms. The van der Waals surface area contributed by atoms with Gasteiger partial charge in [-0.05, 0) is 25.5 Å². The summed E-state index contributed by atoms with van der Waals surface area (Å²) in [5.41, 5.74) is -5.10. The SMILES string of the molecule is Cc1ccnc(C)c1OS(=O)(=O)C(F)(F)F. The summed E-state index contributed by atoms with van der Waals surface area (Å²) in [5.74, 6) is -0.389. The van der Waals surface area contributed by atoms with Crippen molar-refractivity contribution in [2.45, 2.75) is 19.4 Å². The molecule has 0 fully saturated rings. The third kappa shape index (κ3) is 2.43. The second-order valence-electron chi connectivity index (χ2n) is 3.03. The maximum atomic E-state index is 12.0. The Kier molecular flexibility index (Phi) is 3.13. The van der Waals surface area contributed by atoms with Crippen LogP contribution >= 0.6 is 0 Å². The first-order valence-corrected chi connectivity index (χ1v) is 5.49. The first-order valence-electron chi connectivity index (χ1n) is 4.08. The molecule has 0 unspecified atom stereocenters. The summed E-state index contributed by atoms with van der Waals surface area (Å²) < 4.78 is 61.7. The smallest absolute Gasteiger partial charge is 0.374 e. The minimum atomic E-state index is -5.64. The first-order chi connectivity index (χ1) is 7.15. The number of hydrogen-bond donors (Lipinski definition) is 0. The highest BCUT2D eigenvalue weighted by atomic mass is 32.2. The van der Waals surface area contributed by atoms with Crippen LogP contribution in [0.15, 0.2) is 12.3 Å². The lowest BCUT2D eigenvalue weighted by Gasteiger charge is -2.12. The number of rotatable bonds is 2. The Balaban J connectivity index is 3.17. The van der Waals surface area contributed by atoms with E-state index in [9.17, 15) is 21.6 Å². The molecule has 1 aromatic rings. The molecule has 1 rings (SSSR count). The summed E-state index contributed by atoms with van der Waals surface area (Å²) in [7, 11) is -5.64. The summed E-state index contributed by atoms with van der Waals surface area (Å²) in [6, 6.07) is 1.36. The molecule has 8 heteroatoms. The Morgan fingerprint density at radius 1 is 1.31 bits per heavy atom. The van der Waals surface area contributed by atoms with E-state index in [1.165, 1.54) is 26.1 Å². The molecular formula is C8H8F3NO3S. The largest absolute Gasteiger partial charge is 0.534 e. The molecule has 0 saturated heterocycles. The zero-order valence-corrected chi connectivity index (χ0v) is 9.19. The maximum absolute atomic E-state index is 12.0. The highest BCUT2D eigenvalue weighted by Crippen LogP contribution is 2.29. The fraction of sp³-hybridized carbons (Fsp3) is 0.375. The molecule has 0 aliphatic carbocycles. The van der Waals surface area contributed by atoms with Gasteiger partial charge in [0.15, 0.2) is 5.75 Å². The predicted octanol–water partition coefficient (Wildman–Crippen LogP) is 1.93. The van der Waals surface area contributed by atoms with E-state index in [1.807, 2.05) is 0 Å². The summed E-state index contributed by atoms with van der Waals surface area (Å²) >= 11 is 0.